The molecule has 1 aliphatic rings. The van der Waals surface area contributed by atoms with Crippen LogP contribution in [0.2, 0.25) is 0 Å². The van der Waals surface area contributed by atoms with Crippen molar-refractivity contribution < 1.29 is 34.4 Å². The zero-order valence-corrected chi connectivity index (χ0v) is 9.33. The minimum Gasteiger partial charge on any atom is -0.481 e. The van der Waals surface area contributed by atoms with Gasteiger partial charge in [-0.3, -0.25) is 4.79 Å². The number of rotatable bonds is 7. The van der Waals surface area contributed by atoms with E-state index in [-0.39, 0.29) is 19.4 Å². The second-order valence-corrected chi connectivity index (χ2v) is 3.74. The summed E-state index contributed by atoms with van der Waals surface area (Å²) >= 11 is 0. The molecule has 0 aliphatic carbocycles. The third kappa shape index (κ3) is 4.97. The molecule has 18 heavy (non-hydrogen) atoms. The molecule has 1 rings (SSSR count). The van der Waals surface area contributed by atoms with E-state index in [1.165, 1.54) is 0 Å². The van der Waals surface area contributed by atoms with E-state index in [0.717, 1.165) is 0 Å². The molecule has 0 saturated carbocycles. The molecule has 1 aliphatic heterocycles. The highest BCUT2D eigenvalue weighted by Crippen LogP contribution is 2.16. The molecular formula is C9H14N2O7. The van der Waals surface area contributed by atoms with Crippen molar-refractivity contribution in [2.24, 2.45) is 0 Å². The second kappa shape index (κ2) is 6.17. The minimum atomic E-state index is -1.31. The molecule has 102 valence electrons. The number of amides is 2. The number of aliphatic hydroxyl groups excluding tert-OH is 1. The molecule has 0 aromatic rings. The van der Waals surface area contributed by atoms with Crippen LogP contribution < -0.4 is 10.6 Å². The van der Waals surface area contributed by atoms with E-state index >= 15 is 0 Å². The van der Waals surface area contributed by atoms with E-state index in [0.29, 0.717) is 0 Å². The van der Waals surface area contributed by atoms with Crippen molar-refractivity contribution >= 4 is 18.0 Å². The Morgan fingerprint density at radius 1 is 1.28 bits per heavy atom. The van der Waals surface area contributed by atoms with Crippen LogP contribution in [-0.4, -0.2) is 58.3 Å². The Kier molecular flexibility index (Phi) is 4.86. The molecule has 1 fully saturated rings. The molecule has 3 atom stereocenters. The summed E-state index contributed by atoms with van der Waals surface area (Å²) < 4.78 is 4.62. The number of ether oxygens (including phenoxy) is 1. The normalized spacial score (nSPS) is 22.9. The van der Waals surface area contributed by atoms with Crippen LogP contribution in [0.5, 0.6) is 0 Å². The van der Waals surface area contributed by atoms with E-state index in [1.807, 2.05) is 0 Å². The average molecular weight is 262 g/mol. The molecule has 0 spiro atoms. The molecule has 5 N–H and O–H groups in total. The molecule has 0 aromatic carbocycles. The molecule has 9 heteroatoms. The Labute approximate surface area is 102 Å². The summed E-state index contributed by atoms with van der Waals surface area (Å²) in [5.74, 6) is -2.45. The van der Waals surface area contributed by atoms with Crippen LogP contribution in [0.15, 0.2) is 0 Å². The number of carbonyl (C=O) groups excluding carboxylic acids is 1. The Hall–Kier alpha value is -1.87. The quantitative estimate of drug-likeness (QED) is 0.344. The lowest BCUT2D eigenvalue weighted by Gasteiger charge is -2.13. The molecule has 1 saturated heterocycles. The third-order valence-corrected chi connectivity index (χ3v) is 2.27. The van der Waals surface area contributed by atoms with Crippen molar-refractivity contribution in [2.75, 3.05) is 6.54 Å². The van der Waals surface area contributed by atoms with E-state index in [2.05, 4.69) is 15.4 Å². The topological polar surface area (TPSA) is 148 Å². The largest absolute Gasteiger partial charge is 0.481 e. The van der Waals surface area contributed by atoms with Crippen LogP contribution in [0.25, 0.3) is 0 Å². The fourth-order valence-electron chi connectivity index (χ4n) is 1.21. The predicted molar refractivity (Wildman–Crippen MR) is 55.7 cm³/mol. The monoisotopic (exact) mass is 262 g/mol. The van der Waals surface area contributed by atoms with E-state index in [1.54, 1.807) is 0 Å². The lowest BCUT2D eigenvalue weighted by Crippen LogP contribution is -2.47. The Morgan fingerprint density at radius 3 is 2.33 bits per heavy atom. The van der Waals surface area contributed by atoms with Crippen LogP contribution in [0.4, 0.5) is 4.79 Å². The van der Waals surface area contributed by atoms with Gasteiger partial charge >= 0.3 is 18.0 Å². The first-order valence-corrected chi connectivity index (χ1v) is 5.22. The number of carboxylic acid groups (broad SMARTS) is 2. The summed E-state index contributed by atoms with van der Waals surface area (Å²) in [7, 11) is 0. The van der Waals surface area contributed by atoms with Gasteiger partial charge in [0.2, 0.25) is 0 Å². The summed E-state index contributed by atoms with van der Waals surface area (Å²) in [4.78, 5) is 32.3. The lowest BCUT2D eigenvalue weighted by molar-refractivity contribution is -0.140. The van der Waals surface area contributed by atoms with Gasteiger partial charge in [-0.1, -0.05) is 0 Å². The average Bonchev–Trinajstić information content (AvgIpc) is 2.97. The standard InChI is InChI=1S/C9H14N2O7/c12-6(13)2-1-4(7(14)15)11-9(17)10-3-5-8(16)18-5/h4-5,8,16H,1-3H2,(H,12,13)(H,14,15)(H2,10,11,17)/t4-,5?,8?/m0/s1. The van der Waals surface area contributed by atoms with Crippen LogP contribution in [0.1, 0.15) is 12.8 Å². The molecule has 2 unspecified atom stereocenters. The van der Waals surface area contributed by atoms with Gasteiger partial charge in [0.1, 0.15) is 12.1 Å². The maximum Gasteiger partial charge on any atom is 0.326 e. The number of carbonyl (C=O) groups is 3. The third-order valence-electron chi connectivity index (χ3n) is 2.27. The van der Waals surface area contributed by atoms with Gasteiger partial charge in [0.25, 0.3) is 0 Å². The molecule has 2 amide bonds. The highest BCUT2D eigenvalue weighted by molar-refractivity contribution is 5.83. The zero-order chi connectivity index (χ0) is 13.7. The fraction of sp³-hybridized carbons (Fsp3) is 0.667. The molecule has 0 aromatic heterocycles. The van der Waals surface area contributed by atoms with E-state index in [9.17, 15) is 14.4 Å². The molecule has 0 bridgehead atoms. The predicted octanol–water partition coefficient (Wildman–Crippen LogP) is -1.68. The van der Waals surface area contributed by atoms with Crippen molar-refractivity contribution in [1.29, 1.82) is 0 Å². The van der Waals surface area contributed by atoms with Gasteiger partial charge in [0, 0.05) is 6.42 Å². The first kappa shape index (κ1) is 14.2. The highest BCUT2D eigenvalue weighted by atomic mass is 16.7. The van der Waals surface area contributed by atoms with Crippen molar-refractivity contribution in [3.05, 3.63) is 0 Å². The molecule has 1 heterocycles. The van der Waals surface area contributed by atoms with Crippen LogP contribution in [-0.2, 0) is 14.3 Å². The summed E-state index contributed by atoms with van der Waals surface area (Å²) in [6.45, 7) is 0.0538. The lowest BCUT2D eigenvalue weighted by atomic mass is 10.1. The van der Waals surface area contributed by atoms with E-state index in [4.69, 9.17) is 15.3 Å². The zero-order valence-electron chi connectivity index (χ0n) is 9.33. The van der Waals surface area contributed by atoms with Crippen molar-refractivity contribution in [2.45, 2.75) is 31.3 Å². The molecule has 9 nitrogen and oxygen atoms in total. The summed E-state index contributed by atoms with van der Waals surface area (Å²) in [6.07, 6.45) is -1.94. The number of nitrogens with one attached hydrogen (secondary N) is 2. The maximum absolute atomic E-state index is 11.3. The number of aliphatic hydroxyl groups is 1. The molecular weight excluding hydrogens is 248 g/mol. The number of epoxide rings is 1. The van der Waals surface area contributed by atoms with Gasteiger partial charge in [-0.05, 0) is 6.42 Å². The summed E-state index contributed by atoms with van der Waals surface area (Å²) in [5, 5.41) is 30.4. The van der Waals surface area contributed by atoms with Crippen LogP contribution in [0.3, 0.4) is 0 Å². The maximum atomic E-state index is 11.3. The summed E-state index contributed by atoms with van der Waals surface area (Å²) in [6, 6.07) is -2.03. The number of hydrogen-bond acceptors (Lipinski definition) is 5. The van der Waals surface area contributed by atoms with Gasteiger partial charge in [-0.15, -0.1) is 0 Å². The van der Waals surface area contributed by atoms with Crippen LogP contribution >= 0.6 is 0 Å². The van der Waals surface area contributed by atoms with Crippen molar-refractivity contribution in [1.82, 2.24) is 10.6 Å². The summed E-state index contributed by atoms with van der Waals surface area (Å²) in [5.41, 5.74) is 0. The van der Waals surface area contributed by atoms with Crippen molar-refractivity contribution in [3.63, 3.8) is 0 Å². The van der Waals surface area contributed by atoms with Gasteiger partial charge in [-0.25, -0.2) is 9.59 Å². The number of urea groups is 1. The Morgan fingerprint density at radius 2 is 1.89 bits per heavy atom. The molecule has 0 radical (unpaired) electrons. The SMILES string of the molecule is O=C(O)CC[C@H](NC(=O)NCC1OC1O)C(=O)O. The van der Waals surface area contributed by atoms with Crippen LogP contribution in [0, 0.1) is 0 Å². The van der Waals surface area contributed by atoms with Gasteiger partial charge in [-0.2, -0.15) is 0 Å². The first-order chi connectivity index (χ1) is 8.40. The highest BCUT2D eigenvalue weighted by Gasteiger charge is 2.37. The minimum absolute atomic E-state index is 0.0538. The van der Waals surface area contributed by atoms with Gasteiger partial charge in [0.15, 0.2) is 6.29 Å². The number of hydrogen-bond donors (Lipinski definition) is 5. The van der Waals surface area contributed by atoms with Gasteiger partial charge in [0.05, 0.1) is 6.54 Å². The first-order valence-electron chi connectivity index (χ1n) is 5.22. The van der Waals surface area contributed by atoms with E-state index < -0.39 is 36.4 Å². The number of aliphatic carboxylic acids is 2. The van der Waals surface area contributed by atoms with Gasteiger partial charge < -0.3 is 30.7 Å². The van der Waals surface area contributed by atoms with Crippen molar-refractivity contribution in [3.8, 4) is 0 Å². The Balaban J connectivity index is 2.28. The number of carboxylic acids is 2. The second-order valence-electron chi connectivity index (χ2n) is 3.74. The fourth-order valence-corrected chi connectivity index (χ4v) is 1.21. The Bertz CT molecular complexity index is 346. The smallest absolute Gasteiger partial charge is 0.326 e.